The minimum atomic E-state index is -0.183. The van der Waals surface area contributed by atoms with E-state index in [1.54, 1.807) is 0 Å². The molecule has 1 amide bonds. The van der Waals surface area contributed by atoms with E-state index in [1.807, 2.05) is 24.3 Å². The lowest BCUT2D eigenvalue weighted by Crippen LogP contribution is -2.53. The number of alkyl halides is 1. The predicted octanol–water partition coefficient (Wildman–Crippen LogP) is 3.66. The highest BCUT2D eigenvalue weighted by atomic mass is 79.9. The van der Waals surface area contributed by atoms with Crippen LogP contribution in [0.2, 0.25) is 0 Å². The fourth-order valence-corrected chi connectivity index (χ4v) is 3.19. The van der Waals surface area contributed by atoms with Gasteiger partial charge in [0.2, 0.25) is 0 Å². The molecule has 4 heteroatoms. The van der Waals surface area contributed by atoms with Gasteiger partial charge >= 0.3 is 0 Å². The van der Waals surface area contributed by atoms with Crippen LogP contribution in [0.15, 0.2) is 24.3 Å². The molecule has 0 aromatic heterocycles. The Morgan fingerprint density at radius 3 is 2.29 bits per heavy atom. The molecule has 0 saturated carbocycles. The zero-order chi connectivity index (χ0) is 15.5. The number of ether oxygens (including phenoxy) is 1. The predicted molar refractivity (Wildman–Crippen MR) is 89.2 cm³/mol. The van der Waals surface area contributed by atoms with Crippen molar-refractivity contribution >= 4 is 21.8 Å². The minimum Gasteiger partial charge on any atom is -0.381 e. The molecule has 0 atom stereocenters. The molecule has 1 saturated heterocycles. The van der Waals surface area contributed by atoms with Gasteiger partial charge in [-0.15, -0.1) is 0 Å². The lowest BCUT2D eigenvalue weighted by molar-refractivity contribution is 0.0442. The third-order valence-corrected chi connectivity index (χ3v) is 5.17. The molecule has 116 valence electrons. The Morgan fingerprint density at radius 2 is 1.81 bits per heavy atom. The van der Waals surface area contributed by atoms with Gasteiger partial charge in [-0.2, -0.15) is 0 Å². The van der Waals surface area contributed by atoms with Crippen molar-refractivity contribution in [1.29, 1.82) is 0 Å². The highest BCUT2D eigenvalue weighted by Crippen LogP contribution is 2.25. The molecule has 1 fully saturated rings. The Bertz CT molecular complexity index is 485. The molecule has 1 N–H and O–H groups in total. The van der Waals surface area contributed by atoms with E-state index in [0.717, 1.165) is 23.7 Å². The summed E-state index contributed by atoms with van der Waals surface area (Å²) in [5, 5.41) is 3.95. The van der Waals surface area contributed by atoms with Crippen molar-refractivity contribution in [2.24, 2.45) is 0 Å². The van der Waals surface area contributed by atoms with E-state index >= 15 is 0 Å². The highest BCUT2D eigenvalue weighted by Gasteiger charge is 2.33. The minimum absolute atomic E-state index is 0.00295. The summed E-state index contributed by atoms with van der Waals surface area (Å²) in [4.78, 5) is 12.5. The van der Waals surface area contributed by atoms with Gasteiger partial charge in [0, 0.05) is 24.1 Å². The van der Waals surface area contributed by atoms with Crippen molar-refractivity contribution in [2.45, 2.75) is 44.6 Å². The smallest absolute Gasteiger partial charge is 0.251 e. The molecule has 1 aromatic rings. The van der Waals surface area contributed by atoms with Gasteiger partial charge < -0.3 is 10.1 Å². The normalized spacial score (nSPS) is 18.3. The molecule has 0 bridgehead atoms. The van der Waals surface area contributed by atoms with Gasteiger partial charge in [-0.3, -0.25) is 4.79 Å². The zero-order valence-electron chi connectivity index (χ0n) is 13.0. The van der Waals surface area contributed by atoms with Gasteiger partial charge in [-0.25, -0.2) is 0 Å². The maximum absolute atomic E-state index is 12.5. The first-order valence-electron chi connectivity index (χ1n) is 7.43. The van der Waals surface area contributed by atoms with Crippen LogP contribution in [0.5, 0.6) is 0 Å². The number of nitrogens with one attached hydrogen (secondary N) is 1. The largest absolute Gasteiger partial charge is 0.381 e. The zero-order valence-corrected chi connectivity index (χ0v) is 14.6. The average molecular weight is 354 g/mol. The van der Waals surface area contributed by atoms with Crippen molar-refractivity contribution in [3.63, 3.8) is 0 Å². The van der Waals surface area contributed by atoms with Crippen molar-refractivity contribution < 1.29 is 9.53 Å². The fourth-order valence-electron chi connectivity index (χ4n) is 2.49. The first kappa shape index (κ1) is 16.5. The Labute approximate surface area is 135 Å². The van der Waals surface area contributed by atoms with E-state index < -0.39 is 0 Å². The first-order valence-corrected chi connectivity index (χ1v) is 8.55. The van der Waals surface area contributed by atoms with Crippen LogP contribution in [0.1, 0.15) is 49.5 Å². The lowest BCUT2D eigenvalue weighted by Gasteiger charge is -2.36. The highest BCUT2D eigenvalue weighted by molar-refractivity contribution is 9.09. The second-order valence-electron chi connectivity index (χ2n) is 6.81. The fraction of sp³-hybridized carbons (Fsp3) is 0.588. The number of hydrogen-bond donors (Lipinski definition) is 1. The molecule has 0 unspecified atom stereocenters. The van der Waals surface area contributed by atoms with Crippen molar-refractivity contribution in [3.05, 3.63) is 35.4 Å². The van der Waals surface area contributed by atoms with E-state index in [-0.39, 0.29) is 16.9 Å². The van der Waals surface area contributed by atoms with Gasteiger partial charge in [0.1, 0.15) is 0 Å². The second-order valence-corrected chi connectivity index (χ2v) is 7.37. The molecule has 2 rings (SSSR count). The van der Waals surface area contributed by atoms with E-state index in [2.05, 4.69) is 42.0 Å². The molecule has 1 aromatic carbocycles. The number of carbonyl (C=O) groups excluding carboxylic acids is 1. The van der Waals surface area contributed by atoms with Crippen molar-refractivity contribution in [3.8, 4) is 0 Å². The first-order chi connectivity index (χ1) is 9.86. The van der Waals surface area contributed by atoms with Crippen LogP contribution in [-0.4, -0.2) is 30.0 Å². The molecular weight excluding hydrogens is 330 g/mol. The number of amides is 1. The Morgan fingerprint density at radius 1 is 1.24 bits per heavy atom. The standard InChI is InChI=1S/C17H24BrNO2/c1-16(2,3)14-6-4-13(5-7-14)15(20)19-17(12-18)8-10-21-11-9-17/h4-7H,8-12H2,1-3H3,(H,19,20). The number of halogens is 1. The molecule has 0 aliphatic carbocycles. The molecule has 1 aliphatic rings. The summed E-state index contributed by atoms with van der Waals surface area (Å²) in [6.45, 7) is 7.92. The van der Waals surface area contributed by atoms with E-state index in [1.165, 1.54) is 5.56 Å². The molecule has 21 heavy (non-hydrogen) atoms. The third kappa shape index (κ3) is 4.07. The molecule has 1 heterocycles. The lowest BCUT2D eigenvalue weighted by atomic mass is 9.86. The Kier molecular flexibility index (Phi) is 5.10. The molecule has 3 nitrogen and oxygen atoms in total. The summed E-state index contributed by atoms with van der Waals surface area (Å²) in [6, 6.07) is 7.91. The van der Waals surface area contributed by atoms with Gasteiger partial charge in [0.25, 0.3) is 5.91 Å². The molecule has 0 spiro atoms. The second kappa shape index (κ2) is 6.49. The molecular formula is C17H24BrNO2. The van der Waals surface area contributed by atoms with Crippen molar-refractivity contribution in [2.75, 3.05) is 18.5 Å². The third-order valence-electron chi connectivity index (χ3n) is 4.10. The van der Waals surface area contributed by atoms with Gasteiger partial charge in [0.15, 0.2) is 0 Å². The Hall–Kier alpha value is -0.870. The Balaban J connectivity index is 2.09. The summed E-state index contributed by atoms with van der Waals surface area (Å²) in [7, 11) is 0. The van der Waals surface area contributed by atoms with Gasteiger partial charge in [0.05, 0.1) is 5.54 Å². The summed E-state index contributed by atoms with van der Waals surface area (Å²) >= 11 is 3.54. The van der Waals surface area contributed by atoms with Crippen LogP contribution in [0.25, 0.3) is 0 Å². The van der Waals surface area contributed by atoms with Crippen LogP contribution in [0, 0.1) is 0 Å². The van der Waals surface area contributed by atoms with Gasteiger partial charge in [-0.1, -0.05) is 48.8 Å². The summed E-state index contributed by atoms with van der Waals surface area (Å²) in [5.41, 5.74) is 1.88. The topological polar surface area (TPSA) is 38.3 Å². The van der Waals surface area contributed by atoms with Crippen LogP contribution in [0.3, 0.4) is 0 Å². The van der Waals surface area contributed by atoms with Crippen LogP contribution >= 0.6 is 15.9 Å². The van der Waals surface area contributed by atoms with E-state index in [0.29, 0.717) is 13.2 Å². The van der Waals surface area contributed by atoms with Gasteiger partial charge in [-0.05, 0) is 36.0 Å². The summed E-state index contributed by atoms with van der Waals surface area (Å²) in [6.07, 6.45) is 1.70. The average Bonchev–Trinajstić information content (AvgIpc) is 2.47. The number of carbonyl (C=O) groups is 1. The maximum Gasteiger partial charge on any atom is 0.251 e. The van der Waals surface area contributed by atoms with Crippen LogP contribution in [-0.2, 0) is 10.2 Å². The monoisotopic (exact) mass is 353 g/mol. The van der Waals surface area contributed by atoms with Crippen molar-refractivity contribution in [1.82, 2.24) is 5.32 Å². The summed E-state index contributed by atoms with van der Waals surface area (Å²) < 4.78 is 5.39. The molecule has 1 aliphatic heterocycles. The van der Waals surface area contributed by atoms with E-state index in [9.17, 15) is 4.79 Å². The summed E-state index contributed by atoms with van der Waals surface area (Å²) in [5.74, 6) is -0.00295. The van der Waals surface area contributed by atoms with E-state index in [4.69, 9.17) is 4.74 Å². The quantitative estimate of drug-likeness (QED) is 0.842. The SMILES string of the molecule is CC(C)(C)c1ccc(C(=O)NC2(CBr)CCOCC2)cc1. The number of hydrogen-bond acceptors (Lipinski definition) is 2. The number of rotatable bonds is 3. The maximum atomic E-state index is 12.5. The molecule has 0 radical (unpaired) electrons. The van der Waals surface area contributed by atoms with Crippen LogP contribution in [0.4, 0.5) is 0 Å². The number of benzene rings is 1. The van der Waals surface area contributed by atoms with Crippen LogP contribution < -0.4 is 5.32 Å².